The smallest absolute Gasteiger partial charge is 0.278 e. The zero-order valence-corrected chi connectivity index (χ0v) is 18.9. The largest absolute Gasteiger partial charge is 0.497 e. The van der Waals surface area contributed by atoms with Crippen LogP contribution in [-0.2, 0) is 16.1 Å². The monoisotopic (exact) mass is 442 g/mol. The van der Waals surface area contributed by atoms with Gasteiger partial charge in [0.05, 0.1) is 25.8 Å². The molecule has 0 saturated carbocycles. The maximum atomic E-state index is 13.4. The van der Waals surface area contributed by atoms with Crippen molar-refractivity contribution in [3.63, 3.8) is 0 Å². The summed E-state index contributed by atoms with van der Waals surface area (Å²) >= 11 is 0. The first-order chi connectivity index (χ1) is 16.0. The van der Waals surface area contributed by atoms with Crippen LogP contribution in [0.15, 0.2) is 78.5 Å². The predicted octanol–water partition coefficient (Wildman–Crippen LogP) is 4.79. The molecule has 2 amide bonds. The molecular formula is C27H26N2O4. The van der Waals surface area contributed by atoms with Gasteiger partial charge in [-0.25, -0.2) is 0 Å². The zero-order chi connectivity index (χ0) is 23.4. The van der Waals surface area contributed by atoms with Gasteiger partial charge in [-0.3, -0.25) is 14.5 Å². The highest BCUT2D eigenvalue weighted by Crippen LogP contribution is 2.32. The number of rotatable bonds is 8. The lowest BCUT2D eigenvalue weighted by molar-refractivity contribution is -0.137. The number of methoxy groups -OCH3 is 1. The number of amides is 2. The average Bonchev–Trinajstić information content (AvgIpc) is 3.06. The average molecular weight is 443 g/mol. The first-order valence-electron chi connectivity index (χ1n) is 10.8. The van der Waals surface area contributed by atoms with Crippen LogP contribution in [0.25, 0.3) is 5.57 Å². The van der Waals surface area contributed by atoms with Gasteiger partial charge in [0.1, 0.15) is 17.2 Å². The molecule has 1 aliphatic rings. The van der Waals surface area contributed by atoms with Gasteiger partial charge < -0.3 is 14.8 Å². The molecule has 1 heterocycles. The highest BCUT2D eigenvalue weighted by Gasteiger charge is 2.39. The molecule has 4 rings (SSSR count). The third-order valence-corrected chi connectivity index (χ3v) is 5.44. The van der Waals surface area contributed by atoms with Crippen LogP contribution in [0.3, 0.4) is 0 Å². The Morgan fingerprint density at radius 3 is 2.06 bits per heavy atom. The Bertz CT molecular complexity index is 1180. The Balaban J connectivity index is 1.69. The van der Waals surface area contributed by atoms with Crippen molar-refractivity contribution in [2.45, 2.75) is 20.4 Å². The molecular weight excluding hydrogens is 416 g/mol. The molecule has 1 N–H and O–H groups in total. The first-order valence-corrected chi connectivity index (χ1v) is 10.8. The maximum Gasteiger partial charge on any atom is 0.278 e. The van der Waals surface area contributed by atoms with E-state index in [1.165, 1.54) is 4.90 Å². The topological polar surface area (TPSA) is 67.9 Å². The van der Waals surface area contributed by atoms with E-state index >= 15 is 0 Å². The minimum atomic E-state index is -0.361. The number of benzene rings is 3. The standard InChI is InChI=1S/C27H26N2O4/c1-4-33-23-15-11-21(12-16-23)28-25-24(20-9-13-22(32-3)14-10-20)26(30)29(27(25)31)17-19-7-5-18(2)6-8-19/h5-16,28H,4,17H2,1-3H3. The zero-order valence-electron chi connectivity index (χ0n) is 18.9. The van der Waals surface area contributed by atoms with Gasteiger partial charge in [-0.15, -0.1) is 0 Å². The van der Waals surface area contributed by atoms with E-state index in [1.54, 1.807) is 31.4 Å². The van der Waals surface area contributed by atoms with Gasteiger partial charge in [0.25, 0.3) is 11.8 Å². The SMILES string of the molecule is CCOc1ccc(NC2=C(c3ccc(OC)cc3)C(=O)N(Cc3ccc(C)cc3)C2=O)cc1. The number of aryl methyl sites for hydroxylation is 1. The highest BCUT2D eigenvalue weighted by atomic mass is 16.5. The molecule has 3 aromatic rings. The van der Waals surface area contributed by atoms with Gasteiger partial charge in [0.15, 0.2) is 0 Å². The number of carbonyl (C=O) groups is 2. The van der Waals surface area contributed by atoms with Crippen LogP contribution in [0.4, 0.5) is 5.69 Å². The number of hydrogen-bond donors (Lipinski definition) is 1. The molecule has 0 spiro atoms. The van der Waals surface area contributed by atoms with Crippen molar-refractivity contribution >= 4 is 23.1 Å². The fraction of sp³-hybridized carbons (Fsp3) is 0.185. The summed E-state index contributed by atoms with van der Waals surface area (Å²) in [5.41, 5.74) is 3.93. The molecule has 6 heteroatoms. The Hall–Kier alpha value is -4.06. The molecule has 0 atom stereocenters. The molecule has 1 aliphatic heterocycles. The first kappa shape index (κ1) is 22.1. The minimum Gasteiger partial charge on any atom is -0.497 e. The van der Waals surface area contributed by atoms with Crippen molar-refractivity contribution in [1.82, 2.24) is 4.90 Å². The summed E-state index contributed by atoms with van der Waals surface area (Å²) in [5, 5.41) is 3.17. The lowest BCUT2D eigenvalue weighted by Crippen LogP contribution is -2.32. The van der Waals surface area contributed by atoms with E-state index in [9.17, 15) is 9.59 Å². The number of carbonyl (C=O) groups excluding carboxylic acids is 2. The molecule has 0 bridgehead atoms. The van der Waals surface area contributed by atoms with Gasteiger partial charge in [-0.1, -0.05) is 42.0 Å². The van der Waals surface area contributed by atoms with Gasteiger partial charge in [-0.2, -0.15) is 0 Å². The van der Waals surface area contributed by atoms with E-state index in [1.807, 2.05) is 62.4 Å². The van der Waals surface area contributed by atoms with Gasteiger partial charge in [-0.05, 0) is 61.4 Å². The molecule has 0 aliphatic carbocycles. The van der Waals surface area contributed by atoms with Crippen LogP contribution in [0.1, 0.15) is 23.6 Å². The van der Waals surface area contributed by atoms with Crippen molar-refractivity contribution in [2.24, 2.45) is 0 Å². The lowest BCUT2D eigenvalue weighted by Gasteiger charge is -2.15. The summed E-state index contributed by atoms with van der Waals surface area (Å²) in [6.45, 7) is 4.69. The van der Waals surface area contributed by atoms with Crippen LogP contribution in [0, 0.1) is 6.92 Å². The summed E-state index contributed by atoms with van der Waals surface area (Å²) in [6.07, 6.45) is 0. The summed E-state index contributed by atoms with van der Waals surface area (Å²) in [7, 11) is 1.58. The lowest BCUT2D eigenvalue weighted by atomic mass is 10.0. The molecule has 0 unspecified atom stereocenters. The van der Waals surface area contributed by atoms with Crippen LogP contribution in [-0.4, -0.2) is 30.4 Å². The Labute approximate surface area is 193 Å². The third-order valence-electron chi connectivity index (χ3n) is 5.44. The highest BCUT2D eigenvalue weighted by molar-refractivity contribution is 6.36. The molecule has 0 aromatic heterocycles. The fourth-order valence-electron chi connectivity index (χ4n) is 3.68. The van der Waals surface area contributed by atoms with Crippen LogP contribution in [0.5, 0.6) is 11.5 Å². The van der Waals surface area contributed by atoms with Crippen LogP contribution >= 0.6 is 0 Å². The molecule has 33 heavy (non-hydrogen) atoms. The van der Waals surface area contributed by atoms with E-state index in [-0.39, 0.29) is 24.1 Å². The summed E-state index contributed by atoms with van der Waals surface area (Å²) < 4.78 is 10.7. The van der Waals surface area contributed by atoms with E-state index in [0.717, 1.165) is 16.9 Å². The number of nitrogens with one attached hydrogen (secondary N) is 1. The van der Waals surface area contributed by atoms with Gasteiger partial charge in [0.2, 0.25) is 0 Å². The number of anilines is 1. The van der Waals surface area contributed by atoms with E-state index < -0.39 is 0 Å². The molecule has 6 nitrogen and oxygen atoms in total. The van der Waals surface area contributed by atoms with E-state index in [2.05, 4.69) is 5.32 Å². The van der Waals surface area contributed by atoms with Crippen molar-refractivity contribution in [3.8, 4) is 11.5 Å². The molecule has 0 radical (unpaired) electrons. The fourth-order valence-corrected chi connectivity index (χ4v) is 3.68. The molecule has 3 aromatic carbocycles. The second-order valence-corrected chi connectivity index (χ2v) is 7.74. The Morgan fingerprint density at radius 2 is 1.45 bits per heavy atom. The number of imide groups is 1. The summed E-state index contributed by atoms with van der Waals surface area (Å²) in [5.74, 6) is 0.718. The second kappa shape index (κ2) is 9.61. The molecule has 0 fully saturated rings. The second-order valence-electron chi connectivity index (χ2n) is 7.74. The van der Waals surface area contributed by atoms with Crippen molar-refractivity contribution in [1.29, 1.82) is 0 Å². The minimum absolute atomic E-state index is 0.200. The normalized spacial score (nSPS) is 13.5. The maximum absolute atomic E-state index is 13.4. The van der Waals surface area contributed by atoms with Crippen molar-refractivity contribution < 1.29 is 19.1 Å². The molecule has 168 valence electrons. The quantitative estimate of drug-likeness (QED) is 0.508. The van der Waals surface area contributed by atoms with Crippen molar-refractivity contribution in [2.75, 3.05) is 19.0 Å². The van der Waals surface area contributed by atoms with Crippen LogP contribution < -0.4 is 14.8 Å². The van der Waals surface area contributed by atoms with Crippen LogP contribution in [0.2, 0.25) is 0 Å². The Kier molecular flexibility index (Phi) is 6.45. The summed E-state index contributed by atoms with van der Waals surface area (Å²) in [6, 6.07) is 22.2. The van der Waals surface area contributed by atoms with E-state index in [4.69, 9.17) is 9.47 Å². The number of hydrogen-bond acceptors (Lipinski definition) is 5. The number of ether oxygens (including phenoxy) is 2. The number of nitrogens with zero attached hydrogens (tertiary/aromatic N) is 1. The Morgan fingerprint density at radius 1 is 0.818 bits per heavy atom. The van der Waals surface area contributed by atoms with Gasteiger partial charge >= 0.3 is 0 Å². The van der Waals surface area contributed by atoms with E-state index in [0.29, 0.717) is 29.2 Å². The molecule has 0 saturated heterocycles. The predicted molar refractivity (Wildman–Crippen MR) is 128 cm³/mol. The van der Waals surface area contributed by atoms with Crippen molar-refractivity contribution in [3.05, 3.63) is 95.2 Å². The summed E-state index contributed by atoms with van der Waals surface area (Å²) in [4.78, 5) is 28.1. The third kappa shape index (κ3) is 4.75. The van der Waals surface area contributed by atoms with Gasteiger partial charge in [0, 0.05) is 5.69 Å².